The Morgan fingerprint density at radius 2 is 2.00 bits per heavy atom. The molecule has 2 atom stereocenters. The molecule has 0 aromatic heterocycles. The molecule has 0 aliphatic rings. The molecule has 1 aromatic carbocycles. The van der Waals surface area contributed by atoms with Crippen molar-refractivity contribution in [2.24, 2.45) is 5.92 Å². The average molecular weight is 296 g/mol. The number of carbonyl (C=O) groups is 2. The van der Waals surface area contributed by atoms with Crippen LogP contribution in [0.4, 0.5) is 10.1 Å². The van der Waals surface area contributed by atoms with E-state index in [0.29, 0.717) is 12.1 Å². The molecule has 0 radical (unpaired) electrons. The van der Waals surface area contributed by atoms with Crippen LogP contribution in [0.5, 0.6) is 0 Å². The van der Waals surface area contributed by atoms with Crippen molar-refractivity contribution in [1.29, 1.82) is 0 Å². The molecule has 1 rings (SSSR count). The Balaban J connectivity index is 2.95. The number of aliphatic carboxylic acids is 1. The lowest BCUT2D eigenvalue weighted by atomic mass is 9.99. The normalized spacial score (nSPS) is 13.4. The number of anilines is 1. The molecule has 1 aromatic rings. The van der Waals surface area contributed by atoms with E-state index < -0.39 is 23.7 Å². The molecule has 0 aliphatic carbocycles. The molecule has 0 heterocycles. The monoisotopic (exact) mass is 296 g/mol. The van der Waals surface area contributed by atoms with Gasteiger partial charge in [0.05, 0.1) is 5.56 Å². The molecule has 5 nitrogen and oxygen atoms in total. The first-order valence-electron chi connectivity index (χ1n) is 6.78. The number of hydrogen-bond acceptors (Lipinski definition) is 3. The van der Waals surface area contributed by atoms with Crippen molar-refractivity contribution in [3.63, 3.8) is 0 Å². The van der Waals surface area contributed by atoms with Gasteiger partial charge in [-0.3, -0.25) is 4.79 Å². The number of hydrogen-bond donors (Lipinski definition) is 2. The van der Waals surface area contributed by atoms with Crippen LogP contribution in [0.1, 0.15) is 30.6 Å². The summed E-state index contributed by atoms with van der Waals surface area (Å²) in [6, 6.07) is 3.18. The molecule has 21 heavy (non-hydrogen) atoms. The molecule has 0 saturated heterocycles. The van der Waals surface area contributed by atoms with Crippen LogP contribution in [-0.4, -0.2) is 37.1 Å². The minimum atomic E-state index is -1.12. The highest BCUT2D eigenvalue weighted by Gasteiger charge is 2.26. The lowest BCUT2D eigenvalue weighted by molar-refractivity contribution is -0.140. The van der Waals surface area contributed by atoms with E-state index >= 15 is 0 Å². The van der Waals surface area contributed by atoms with Crippen molar-refractivity contribution in [1.82, 2.24) is 5.32 Å². The third-order valence-electron chi connectivity index (χ3n) is 3.48. The molecule has 0 bridgehead atoms. The quantitative estimate of drug-likeness (QED) is 0.843. The zero-order chi connectivity index (χ0) is 16.2. The Morgan fingerprint density at radius 1 is 1.38 bits per heavy atom. The first-order chi connectivity index (χ1) is 9.77. The Kier molecular flexibility index (Phi) is 5.69. The highest BCUT2D eigenvalue weighted by Crippen LogP contribution is 2.17. The maximum Gasteiger partial charge on any atom is 0.326 e. The van der Waals surface area contributed by atoms with E-state index in [1.54, 1.807) is 32.0 Å². The van der Waals surface area contributed by atoms with Crippen LogP contribution in [0, 0.1) is 11.7 Å². The van der Waals surface area contributed by atoms with Gasteiger partial charge in [0.25, 0.3) is 5.91 Å². The van der Waals surface area contributed by atoms with Gasteiger partial charge in [0.1, 0.15) is 11.9 Å². The predicted octanol–water partition coefficient (Wildman–Crippen LogP) is 2.12. The van der Waals surface area contributed by atoms with E-state index in [1.807, 2.05) is 6.92 Å². The molecular formula is C15H21FN2O3. The number of carboxylic acids is 1. The summed E-state index contributed by atoms with van der Waals surface area (Å²) in [6.45, 7) is 3.56. The number of carbonyl (C=O) groups excluding carboxylic acids is 1. The van der Waals surface area contributed by atoms with Gasteiger partial charge in [-0.15, -0.1) is 0 Å². The van der Waals surface area contributed by atoms with E-state index in [9.17, 15) is 14.0 Å². The zero-order valence-corrected chi connectivity index (χ0v) is 12.7. The van der Waals surface area contributed by atoms with Gasteiger partial charge in [0, 0.05) is 19.8 Å². The van der Waals surface area contributed by atoms with Gasteiger partial charge < -0.3 is 15.3 Å². The van der Waals surface area contributed by atoms with Gasteiger partial charge in [-0.1, -0.05) is 20.3 Å². The number of carboxylic acid groups (broad SMARTS) is 1. The molecular weight excluding hydrogens is 275 g/mol. The predicted molar refractivity (Wildman–Crippen MR) is 79.1 cm³/mol. The third kappa shape index (κ3) is 4.18. The number of benzene rings is 1. The van der Waals surface area contributed by atoms with Crippen molar-refractivity contribution in [2.75, 3.05) is 19.0 Å². The van der Waals surface area contributed by atoms with Crippen LogP contribution < -0.4 is 10.2 Å². The molecule has 2 N–H and O–H groups in total. The third-order valence-corrected chi connectivity index (χ3v) is 3.48. The Morgan fingerprint density at radius 3 is 2.43 bits per heavy atom. The number of amides is 1. The van der Waals surface area contributed by atoms with Crippen LogP contribution in [0.3, 0.4) is 0 Å². The van der Waals surface area contributed by atoms with Crippen LogP contribution in [0.15, 0.2) is 18.2 Å². The van der Waals surface area contributed by atoms with Gasteiger partial charge in [-0.2, -0.15) is 0 Å². The topological polar surface area (TPSA) is 69.6 Å². The van der Waals surface area contributed by atoms with E-state index in [-0.39, 0.29) is 11.5 Å². The first kappa shape index (κ1) is 16.9. The van der Waals surface area contributed by atoms with Gasteiger partial charge >= 0.3 is 5.97 Å². The zero-order valence-electron chi connectivity index (χ0n) is 12.7. The molecule has 0 saturated carbocycles. The van der Waals surface area contributed by atoms with E-state index in [0.717, 1.165) is 0 Å². The lowest BCUT2D eigenvalue weighted by Gasteiger charge is -2.20. The Bertz CT molecular complexity index is 532. The fourth-order valence-corrected chi connectivity index (χ4v) is 1.87. The second kappa shape index (κ2) is 7.06. The van der Waals surface area contributed by atoms with E-state index in [4.69, 9.17) is 5.11 Å². The summed E-state index contributed by atoms with van der Waals surface area (Å²) in [7, 11) is 3.52. The molecule has 0 unspecified atom stereocenters. The van der Waals surface area contributed by atoms with Crippen molar-refractivity contribution in [3.8, 4) is 0 Å². The van der Waals surface area contributed by atoms with Crippen molar-refractivity contribution in [2.45, 2.75) is 26.3 Å². The second-order valence-electron chi connectivity index (χ2n) is 5.23. The van der Waals surface area contributed by atoms with Gasteiger partial charge in [-0.25, -0.2) is 9.18 Å². The number of nitrogens with zero attached hydrogens (tertiary/aromatic N) is 1. The van der Waals surface area contributed by atoms with Gasteiger partial charge in [-0.05, 0) is 24.1 Å². The minimum Gasteiger partial charge on any atom is -0.480 e. The second-order valence-corrected chi connectivity index (χ2v) is 5.23. The number of rotatable bonds is 6. The van der Waals surface area contributed by atoms with Crippen LogP contribution >= 0.6 is 0 Å². The smallest absolute Gasteiger partial charge is 0.326 e. The highest BCUT2D eigenvalue weighted by atomic mass is 19.1. The minimum absolute atomic E-state index is 0.157. The van der Waals surface area contributed by atoms with Crippen LogP contribution in [0.25, 0.3) is 0 Å². The standard InChI is InChI=1S/C15H21FN2O3/c1-5-9(2)13(15(20)21)17-14(19)11-7-6-10(18(3)4)8-12(11)16/h6-9,13H,5H2,1-4H3,(H,17,19)(H,20,21)/t9-,13-/m0/s1. The average Bonchev–Trinajstić information content (AvgIpc) is 2.42. The van der Waals surface area contributed by atoms with Crippen LogP contribution in [-0.2, 0) is 4.79 Å². The molecule has 116 valence electrons. The van der Waals surface area contributed by atoms with Gasteiger partial charge in [0.15, 0.2) is 0 Å². The maximum absolute atomic E-state index is 14.0. The first-order valence-corrected chi connectivity index (χ1v) is 6.78. The summed E-state index contributed by atoms with van der Waals surface area (Å²) in [5.41, 5.74) is 0.468. The fraction of sp³-hybridized carbons (Fsp3) is 0.467. The van der Waals surface area contributed by atoms with E-state index in [1.165, 1.54) is 12.1 Å². The summed E-state index contributed by atoms with van der Waals surface area (Å²) >= 11 is 0. The molecule has 0 aliphatic heterocycles. The maximum atomic E-state index is 14.0. The largest absolute Gasteiger partial charge is 0.480 e. The number of nitrogens with one attached hydrogen (secondary N) is 1. The van der Waals surface area contributed by atoms with Gasteiger partial charge in [0.2, 0.25) is 0 Å². The SMILES string of the molecule is CC[C@H](C)[C@H](NC(=O)c1ccc(N(C)C)cc1F)C(=O)O. The van der Waals surface area contributed by atoms with Crippen molar-refractivity contribution >= 4 is 17.6 Å². The van der Waals surface area contributed by atoms with Crippen molar-refractivity contribution in [3.05, 3.63) is 29.6 Å². The number of halogens is 1. The highest BCUT2D eigenvalue weighted by molar-refractivity contribution is 5.97. The summed E-state index contributed by atoms with van der Waals surface area (Å²) < 4.78 is 14.0. The summed E-state index contributed by atoms with van der Waals surface area (Å²) in [5.74, 6) is -2.75. The Labute approximate surface area is 123 Å². The molecule has 0 spiro atoms. The summed E-state index contributed by atoms with van der Waals surface area (Å²) in [4.78, 5) is 24.9. The molecule has 6 heteroatoms. The molecule has 1 amide bonds. The van der Waals surface area contributed by atoms with Crippen LogP contribution in [0.2, 0.25) is 0 Å². The lowest BCUT2D eigenvalue weighted by Crippen LogP contribution is -2.45. The van der Waals surface area contributed by atoms with E-state index in [2.05, 4.69) is 5.32 Å². The molecule has 0 fully saturated rings. The van der Waals surface area contributed by atoms with Crippen molar-refractivity contribution < 1.29 is 19.1 Å². The Hall–Kier alpha value is -2.11. The fourth-order valence-electron chi connectivity index (χ4n) is 1.87. The summed E-state index contributed by atoms with van der Waals surface area (Å²) in [5, 5.41) is 11.5. The summed E-state index contributed by atoms with van der Waals surface area (Å²) in [6.07, 6.45) is 0.597.